The first-order valence-electron chi connectivity index (χ1n) is 12.4. The maximum atomic E-state index is 5.92. The molecule has 1 fully saturated rings. The van der Waals surface area contributed by atoms with Crippen LogP contribution >= 0.6 is 12.2 Å². The molecule has 0 amide bonds. The lowest BCUT2D eigenvalue weighted by atomic mass is 9.96. The van der Waals surface area contributed by atoms with Gasteiger partial charge >= 0.3 is 0 Å². The molecular formula is C30H32N4OS. The molecule has 1 saturated heterocycles. The van der Waals surface area contributed by atoms with Crippen molar-refractivity contribution < 1.29 is 4.74 Å². The Morgan fingerprint density at radius 3 is 2.25 bits per heavy atom. The second kappa shape index (κ2) is 9.78. The van der Waals surface area contributed by atoms with E-state index < -0.39 is 0 Å². The van der Waals surface area contributed by atoms with Gasteiger partial charge in [0.2, 0.25) is 0 Å². The van der Waals surface area contributed by atoms with Crippen molar-refractivity contribution in [3.05, 3.63) is 107 Å². The van der Waals surface area contributed by atoms with E-state index in [2.05, 4.69) is 84.1 Å². The fraction of sp³-hybridized carbons (Fsp3) is 0.267. The maximum absolute atomic E-state index is 5.92. The maximum Gasteiger partial charge on any atom is 0.174 e. The molecule has 4 aromatic rings. The molecule has 2 aromatic carbocycles. The van der Waals surface area contributed by atoms with Crippen molar-refractivity contribution in [2.24, 2.45) is 0 Å². The molecule has 0 unspecified atom stereocenters. The number of thiocarbonyl (C=S) groups is 1. The lowest BCUT2D eigenvalue weighted by molar-refractivity contribution is 0.242. The summed E-state index contributed by atoms with van der Waals surface area (Å²) in [7, 11) is 0. The molecule has 0 saturated carbocycles. The van der Waals surface area contributed by atoms with Crippen molar-refractivity contribution in [1.82, 2.24) is 14.9 Å². The Kier molecular flexibility index (Phi) is 6.54. The van der Waals surface area contributed by atoms with E-state index in [1.54, 1.807) is 0 Å². The molecule has 2 atom stereocenters. The molecule has 1 aliphatic rings. The average molecular weight is 497 g/mol. The number of anilines is 1. The number of benzene rings is 2. The van der Waals surface area contributed by atoms with E-state index in [0.29, 0.717) is 5.11 Å². The molecule has 0 bridgehead atoms. The van der Waals surface area contributed by atoms with Gasteiger partial charge in [-0.15, -0.1) is 0 Å². The molecular weight excluding hydrogens is 464 g/mol. The highest BCUT2D eigenvalue weighted by atomic mass is 32.1. The van der Waals surface area contributed by atoms with Gasteiger partial charge in [0, 0.05) is 29.0 Å². The Bertz CT molecular complexity index is 1360. The number of nitrogens with one attached hydrogen (secondary N) is 1. The Hall–Kier alpha value is -3.64. The largest absolute Gasteiger partial charge is 0.491 e. The minimum atomic E-state index is -0.0859. The van der Waals surface area contributed by atoms with Crippen LogP contribution in [0.5, 0.6) is 5.75 Å². The van der Waals surface area contributed by atoms with Crippen LogP contribution < -0.4 is 15.0 Å². The second-order valence-electron chi connectivity index (χ2n) is 9.65. The van der Waals surface area contributed by atoms with Crippen LogP contribution in [0, 0.1) is 20.8 Å². The van der Waals surface area contributed by atoms with Crippen LogP contribution in [0.15, 0.2) is 79.0 Å². The van der Waals surface area contributed by atoms with E-state index in [0.717, 1.165) is 22.8 Å². The first-order chi connectivity index (χ1) is 17.3. The van der Waals surface area contributed by atoms with Crippen molar-refractivity contribution >= 4 is 23.0 Å². The van der Waals surface area contributed by atoms with Gasteiger partial charge in [0.1, 0.15) is 5.75 Å². The van der Waals surface area contributed by atoms with Crippen molar-refractivity contribution in [2.45, 2.75) is 52.8 Å². The van der Waals surface area contributed by atoms with E-state index >= 15 is 0 Å². The molecule has 184 valence electrons. The summed E-state index contributed by atoms with van der Waals surface area (Å²) in [6, 6.07) is 25.0. The van der Waals surface area contributed by atoms with Crippen molar-refractivity contribution in [1.29, 1.82) is 0 Å². The van der Waals surface area contributed by atoms with E-state index in [9.17, 15) is 0 Å². The highest BCUT2D eigenvalue weighted by Gasteiger charge is 2.42. The van der Waals surface area contributed by atoms with Gasteiger partial charge in [0.05, 0.1) is 23.9 Å². The molecule has 0 aliphatic carbocycles. The standard InChI is InChI=1S/C30H32N4OS/c1-19(2)35-25-15-13-24(14-16-25)34-29(28(32-30(34)36)27-8-6-7-17-31-27)26-18-21(4)33(22(26)5)23-11-9-20(3)10-12-23/h6-19,28-29H,1-5H3,(H,32,36)/t28-,29+/m1/s1. The second-order valence-corrected chi connectivity index (χ2v) is 10.0. The first-order valence-corrected chi connectivity index (χ1v) is 12.8. The molecule has 1 aliphatic heterocycles. The minimum absolute atomic E-state index is 0.0605. The lowest BCUT2D eigenvalue weighted by Crippen LogP contribution is -2.29. The number of aromatic nitrogens is 2. The number of nitrogens with zero attached hydrogens (tertiary/aromatic N) is 3. The Balaban J connectivity index is 1.62. The van der Waals surface area contributed by atoms with Crippen LogP contribution in [0.3, 0.4) is 0 Å². The van der Waals surface area contributed by atoms with Gasteiger partial charge in [-0.1, -0.05) is 23.8 Å². The predicted molar refractivity (Wildman–Crippen MR) is 150 cm³/mol. The van der Waals surface area contributed by atoms with Crippen molar-refractivity contribution in [3.8, 4) is 11.4 Å². The number of ether oxygens (including phenoxy) is 1. The van der Waals surface area contributed by atoms with Crippen LogP contribution in [0.2, 0.25) is 0 Å². The Labute approximate surface area is 218 Å². The van der Waals surface area contributed by atoms with Gasteiger partial charge in [-0.2, -0.15) is 0 Å². The highest BCUT2D eigenvalue weighted by molar-refractivity contribution is 7.80. The number of aryl methyl sites for hydroxylation is 2. The van der Waals surface area contributed by atoms with E-state index in [1.165, 1.54) is 22.5 Å². The van der Waals surface area contributed by atoms with Crippen LogP contribution in [0.1, 0.15) is 54.1 Å². The first kappa shape index (κ1) is 24.1. The highest BCUT2D eigenvalue weighted by Crippen LogP contribution is 2.44. The summed E-state index contributed by atoms with van der Waals surface area (Å²) in [4.78, 5) is 6.91. The van der Waals surface area contributed by atoms with Gasteiger partial charge in [-0.05, 0) is 107 Å². The van der Waals surface area contributed by atoms with Crippen molar-refractivity contribution in [3.63, 3.8) is 0 Å². The third-order valence-corrected chi connectivity index (χ3v) is 6.98. The molecule has 3 heterocycles. The molecule has 0 spiro atoms. The molecule has 36 heavy (non-hydrogen) atoms. The lowest BCUT2D eigenvalue weighted by Gasteiger charge is -2.28. The van der Waals surface area contributed by atoms with Gasteiger partial charge in [0.15, 0.2) is 5.11 Å². The minimum Gasteiger partial charge on any atom is -0.491 e. The van der Waals surface area contributed by atoms with Gasteiger partial charge < -0.3 is 19.5 Å². The van der Waals surface area contributed by atoms with Crippen molar-refractivity contribution in [2.75, 3.05) is 4.90 Å². The number of rotatable bonds is 6. The van der Waals surface area contributed by atoms with Crippen LogP contribution in [0.25, 0.3) is 5.69 Å². The Morgan fingerprint density at radius 1 is 0.917 bits per heavy atom. The van der Waals surface area contributed by atoms with Gasteiger partial charge in [-0.3, -0.25) is 4.98 Å². The summed E-state index contributed by atoms with van der Waals surface area (Å²) >= 11 is 5.92. The third kappa shape index (κ3) is 4.49. The normalized spacial score (nSPS) is 17.5. The fourth-order valence-corrected chi connectivity index (χ4v) is 5.43. The number of pyridine rings is 1. The topological polar surface area (TPSA) is 42.3 Å². The predicted octanol–water partition coefficient (Wildman–Crippen LogP) is 6.76. The van der Waals surface area contributed by atoms with E-state index in [4.69, 9.17) is 21.9 Å². The molecule has 6 heteroatoms. The number of hydrogen-bond acceptors (Lipinski definition) is 3. The third-order valence-electron chi connectivity index (χ3n) is 6.67. The smallest absolute Gasteiger partial charge is 0.174 e. The summed E-state index contributed by atoms with van der Waals surface area (Å²) < 4.78 is 8.20. The quantitative estimate of drug-likeness (QED) is 0.299. The van der Waals surface area contributed by atoms with E-state index in [1.807, 2.05) is 44.3 Å². The monoisotopic (exact) mass is 496 g/mol. The molecule has 0 radical (unpaired) electrons. The molecule has 2 aromatic heterocycles. The summed E-state index contributed by atoms with van der Waals surface area (Å²) in [6.45, 7) is 10.5. The zero-order valence-electron chi connectivity index (χ0n) is 21.4. The van der Waals surface area contributed by atoms with E-state index in [-0.39, 0.29) is 18.2 Å². The summed E-state index contributed by atoms with van der Waals surface area (Å²) in [5, 5.41) is 4.26. The van der Waals surface area contributed by atoms with Crippen LogP contribution in [0.4, 0.5) is 5.69 Å². The fourth-order valence-electron chi connectivity index (χ4n) is 5.08. The molecule has 5 rings (SSSR count). The molecule has 1 N–H and O–H groups in total. The SMILES string of the molecule is Cc1ccc(-n2c(C)cc([C@H]3[C@@H](c4ccccn4)NC(=S)N3c3ccc(OC(C)C)cc3)c2C)cc1. The van der Waals surface area contributed by atoms with Gasteiger partial charge in [-0.25, -0.2) is 0 Å². The zero-order valence-corrected chi connectivity index (χ0v) is 22.2. The summed E-state index contributed by atoms with van der Waals surface area (Å²) in [6.07, 6.45) is 1.96. The number of hydrogen-bond donors (Lipinski definition) is 1. The van der Waals surface area contributed by atoms with Crippen LogP contribution in [-0.2, 0) is 0 Å². The summed E-state index contributed by atoms with van der Waals surface area (Å²) in [5.41, 5.74) is 7.99. The molecule has 5 nitrogen and oxygen atoms in total. The zero-order chi connectivity index (χ0) is 25.4. The van der Waals surface area contributed by atoms with Crippen LogP contribution in [-0.4, -0.2) is 20.8 Å². The Morgan fingerprint density at radius 2 is 1.61 bits per heavy atom. The van der Waals surface area contributed by atoms with Gasteiger partial charge in [0.25, 0.3) is 0 Å². The average Bonchev–Trinajstić information content (AvgIpc) is 3.35. The summed E-state index contributed by atoms with van der Waals surface area (Å²) in [5.74, 6) is 0.849.